The molecule has 0 radical (unpaired) electrons. The Labute approximate surface area is 122 Å². The maximum Gasteiger partial charge on any atom is 0.256 e. The summed E-state index contributed by atoms with van der Waals surface area (Å²) in [5.74, 6) is -0.892. The number of anilines is 1. The van der Waals surface area contributed by atoms with E-state index in [0.717, 1.165) is 0 Å². The Bertz CT molecular complexity index is 631. The van der Waals surface area contributed by atoms with Gasteiger partial charge in [-0.25, -0.2) is 4.39 Å². The van der Waals surface area contributed by atoms with Gasteiger partial charge in [-0.05, 0) is 30.2 Å². The fourth-order valence-electron chi connectivity index (χ4n) is 2.02. The molecule has 0 aliphatic heterocycles. The SMILES string of the molecule is N[C@@H](CO)Cc1ccccc1C(=O)Nc1ccccc1F. The number of benzene rings is 2. The van der Waals surface area contributed by atoms with Crippen molar-refractivity contribution >= 4 is 11.6 Å². The third kappa shape index (κ3) is 3.87. The number of nitrogens with one attached hydrogen (secondary N) is 1. The van der Waals surface area contributed by atoms with Crippen molar-refractivity contribution in [2.75, 3.05) is 11.9 Å². The molecule has 2 aromatic carbocycles. The highest BCUT2D eigenvalue weighted by Crippen LogP contribution is 2.16. The minimum absolute atomic E-state index is 0.128. The topological polar surface area (TPSA) is 75.3 Å². The van der Waals surface area contributed by atoms with Gasteiger partial charge in [-0.15, -0.1) is 0 Å². The Morgan fingerprint density at radius 1 is 1.19 bits per heavy atom. The molecule has 0 spiro atoms. The standard InChI is InChI=1S/C16H17FN2O2/c17-14-7-3-4-8-15(14)19-16(21)13-6-2-1-5-11(13)9-12(18)10-20/h1-8,12,20H,9-10,18H2,(H,19,21)/t12-/m1/s1. The molecule has 0 fully saturated rings. The van der Waals surface area contributed by atoms with E-state index in [2.05, 4.69) is 5.32 Å². The predicted octanol–water partition coefficient (Wildman–Crippen LogP) is 1.94. The zero-order valence-corrected chi connectivity index (χ0v) is 11.4. The average Bonchev–Trinajstić information content (AvgIpc) is 2.50. The van der Waals surface area contributed by atoms with Crippen LogP contribution in [0.3, 0.4) is 0 Å². The summed E-state index contributed by atoms with van der Waals surface area (Å²) >= 11 is 0. The van der Waals surface area contributed by atoms with Crippen molar-refractivity contribution in [2.45, 2.75) is 12.5 Å². The second-order valence-corrected chi connectivity index (χ2v) is 4.74. The fourth-order valence-corrected chi connectivity index (χ4v) is 2.02. The van der Waals surface area contributed by atoms with E-state index >= 15 is 0 Å². The first kappa shape index (κ1) is 15.2. The van der Waals surface area contributed by atoms with Crippen molar-refractivity contribution in [3.05, 3.63) is 65.5 Å². The molecule has 0 saturated heterocycles. The third-order valence-corrected chi connectivity index (χ3v) is 3.10. The van der Waals surface area contributed by atoms with E-state index < -0.39 is 17.8 Å². The Morgan fingerprint density at radius 2 is 1.86 bits per heavy atom. The summed E-state index contributed by atoms with van der Waals surface area (Å²) in [7, 11) is 0. The normalized spacial score (nSPS) is 12.0. The van der Waals surface area contributed by atoms with Crippen LogP contribution in [-0.4, -0.2) is 23.7 Å². The number of nitrogens with two attached hydrogens (primary N) is 1. The highest BCUT2D eigenvalue weighted by Gasteiger charge is 2.14. The Balaban J connectivity index is 2.21. The van der Waals surface area contributed by atoms with E-state index in [4.69, 9.17) is 10.8 Å². The van der Waals surface area contributed by atoms with Crippen LogP contribution in [-0.2, 0) is 6.42 Å². The smallest absolute Gasteiger partial charge is 0.256 e. The number of hydrogen-bond donors (Lipinski definition) is 3. The van der Waals surface area contributed by atoms with Gasteiger partial charge in [-0.1, -0.05) is 30.3 Å². The highest BCUT2D eigenvalue weighted by atomic mass is 19.1. The molecular weight excluding hydrogens is 271 g/mol. The van der Waals surface area contributed by atoms with E-state index in [1.54, 1.807) is 36.4 Å². The molecule has 0 saturated carbocycles. The molecule has 0 heterocycles. The first-order valence-corrected chi connectivity index (χ1v) is 6.62. The van der Waals surface area contributed by atoms with Gasteiger partial charge in [-0.3, -0.25) is 4.79 Å². The molecule has 0 unspecified atom stereocenters. The lowest BCUT2D eigenvalue weighted by atomic mass is 10.0. The van der Waals surface area contributed by atoms with Crippen molar-refractivity contribution in [2.24, 2.45) is 5.73 Å². The van der Waals surface area contributed by atoms with Crippen LogP contribution in [0.1, 0.15) is 15.9 Å². The predicted molar refractivity (Wildman–Crippen MR) is 79.6 cm³/mol. The minimum Gasteiger partial charge on any atom is -0.395 e. The molecule has 0 bridgehead atoms. The maximum absolute atomic E-state index is 13.6. The first-order chi connectivity index (χ1) is 10.1. The second kappa shape index (κ2) is 6.97. The molecule has 0 aliphatic carbocycles. The number of halogens is 1. The molecule has 110 valence electrons. The largest absolute Gasteiger partial charge is 0.395 e. The van der Waals surface area contributed by atoms with Crippen molar-refractivity contribution in [3.8, 4) is 0 Å². The monoisotopic (exact) mass is 288 g/mol. The lowest BCUT2D eigenvalue weighted by Gasteiger charge is -2.13. The molecule has 1 amide bonds. The van der Waals surface area contributed by atoms with Crippen LogP contribution in [0, 0.1) is 5.82 Å². The van der Waals surface area contributed by atoms with Gasteiger partial charge in [-0.2, -0.15) is 0 Å². The van der Waals surface area contributed by atoms with Crippen molar-refractivity contribution in [1.29, 1.82) is 0 Å². The van der Waals surface area contributed by atoms with E-state index in [0.29, 0.717) is 17.5 Å². The van der Waals surface area contributed by atoms with Crippen LogP contribution in [0.4, 0.5) is 10.1 Å². The number of hydrogen-bond acceptors (Lipinski definition) is 3. The van der Waals surface area contributed by atoms with E-state index in [9.17, 15) is 9.18 Å². The van der Waals surface area contributed by atoms with Gasteiger partial charge in [0.2, 0.25) is 0 Å². The van der Waals surface area contributed by atoms with Crippen LogP contribution in [0.5, 0.6) is 0 Å². The van der Waals surface area contributed by atoms with Gasteiger partial charge in [0, 0.05) is 11.6 Å². The van der Waals surface area contributed by atoms with Crippen LogP contribution in [0.2, 0.25) is 0 Å². The van der Waals surface area contributed by atoms with Gasteiger partial charge >= 0.3 is 0 Å². The molecule has 21 heavy (non-hydrogen) atoms. The van der Waals surface area contributed by atoms with Gasteiger partial charge in [0.15, 0.2) is 0 Å². The number of carbonyl (C=O) groups excluding carboxylic acids is 1. The molecule has 4 nitrogen and oxygen atoms in total. The zero-order chi connectivity index (χ0) is 15.2. The van der Waals surface area contributed by atoms with Crippen LogP contribution in [0.15, 0.2) is 48.5 Å². The molecule has 0 aromatic heterocycles. The van der Waals surface area contributed by atoms with E-state index in [1.807, 2.05) is 0 Å². The van der Waals surface area contributed by atoms with Crippen LogP contribution >= 0.6 is 0 Å². The number of rotatable bonds is 5. The van der Waals surface area contributed by atoms with Crippen LogP contribution in [0.25, 0.3) is 0 Å². The Morgan fingerprint density at radius 3 is 2.57 bits per heavy atom. The van der Waals surface area contributed by atoms with E-state index in [1.165, 1.54) is 12.1 Å². The summed E-state index contributed by atoms with van der Waals surface area (Å²) in [5.41, 5.74) is 6.97. The van der Waals surface area contributed by atoms with Gasteiger partial charge in [0.05, 0.1) is 12.3 Å². The first-order valence-electron chi connectivity index (χ1n) is 6.62. The number of aliphatic hydroxyl groups is 1. The molecule has 4 N–H and O–H groups in total. The average molecular weight is 288 g/mol. The van der Waals surface area contributed by atoms with Crippen molar-refractivity contribution < 1.29 is 14.3 Å². The second-order valence-electron chi connectivity index (χ2n) is 4.74. The summed E-state index contributed by atoms with van der Waals surface area (Å²) in [4.78, 5) is 12.3. The van der Waals surface area contributed by atoms with Gasteiger partial charge < -0.3 is 16.2 Å². The molecule has 0 aliphatic rings. The van der Waals surface area contributed by atoms with Gasteiger partial charge in [0.25, 0.3) is 5.91 Å². The summed E-state index contributed by atoms with van der Waals surface area (Å²) < 4.78 is 13.6. The number of amides is 1. The number of carbonyl (C=O) groups is 1. The highest BCUT2D eigenvalue weighted by molar-refractivity contribution is 6.05. The lowest BCUT2D eigenvalue weighted by Crippen LogP contribution is -2.28. The van der Waals surface area contributed by atoms with Crippen molar-refractivity contribution in [3.63, 3.8) is 0 Å². The summed E-state index contributed by atoms with van der Waals surface area (Å²) in [5, 5.41) is 11.6. The lowest BCUT2D eigenvalue weighted by molar-refractivity contribution is 0.102. The molecule has 1 atom stereocenters. The van der Waals surface area contributed by atoms with Crippen LogP contribution < -0.4 is 11.1 Å². The summed E-state index contributed by atoms with van der Waals surface area (Å²) in [6.45, 7) is -0.163. The summed E-state index contributed by atoms with van der Waals surface area (Å²) in [6.07, 6.45) is 0.372. The van der Waals surface area contributed by atoms with Crippen molar-refractivity contribution in [1.82, 2.24) is 0 Å². The number of para-hydroxylation sites is 1. The Hall–Kier alpha value is -2.24. The van der Waals surface area contributed by atoms with Gasteiger partial charge in [0.1, 0.15) is 5.82 Å². The maximum atomic E-state index is 13.6. The third-order valence-electron chi connectivity index (χ3n) is 3.10. The quantitative estimate of drug-likeness (QED) is 0.787. The molecule has 2 aromatic rings. The minimum atomic E-state index is -0.490. The Kier molecular flexibility index (Phi) is 5.03. The summed E-state index contributed by atoms with van der Waals surface area (Å²) in [6, 6.07) is 12.5. The molecular formula is C16H17FN2O2. The van der Waals surface area contributed by atoms with E-state index in [-0.39, 0.29) is 12.3 Å². The molecule has 5 heteroatoms. The number of aliphatic hydroxyl groups excluding tert-OH is 1. The molecule has 2 rings (SSSR count). The fraction of sp³-hybridized carbons (Fsp3) is 0.188. The zero-order valence-electron chi connectivity index (χ0n) is 11.4.